The van der Waals surface area contributed by atoms with Gasteiger partial charge in [-0.2, -0.15) is 5.10 Å². The van der Waals surface area contributed by atoms with E-state index in [1.165, 1.54) is 26.2 Å². The van der Waals surface area contributed by atoms with Crippen molar-refractivity contribution in [3.63, 3.8) is 0 Å². The third kappa shape index (κ3) is 3.48. The van der Waals surface area contributed by atoms with Gasteiger partial charge in [-0.3, -0.25) is 9.69 Å². The number of carbonyl (C=O) groups is 2. The lowest BCUT2D eigenvalue weighted by atomic mass is 10.2. The second kappa shape index (κ2) is 6.24. The van der Waals surface area contributed by atoms with Crippen LogP contribution in [0, 0.1) is 0 Å². The van der Waals surface area contributed by atoms with Crippen molar-refractivity contribution >= 4 is 18.3 Å². The van der Waals surface area contributed by atoms with Crippen molar-refractivity contribution in [2.45, 2.75) is 0 Å². The molecule has 0 unspecified atom stereocenters. The smallest absolute Gasteiger partial charge is 0.322 e. The van der Waals surface area contributed by atoms with Gasteiger partial charge in [0.2, 0.25) is 0 Å². The predicted octanol–water partition coefficient (Wildman–Crippen LogP) is 0.336. The molecule has 3 amide bonds. The van der Waals surface area contributed by atoms with Gasteiger partial charge in [0.05, 0.1) is 5.56 Å². The Morgan fingerprint density at radius 3 is 2.67 bits per heavy atom. The van der Waals surface area contributed by atoms with Crippen LogP contribution in [-0.2, 0) is 0 Å². The van der Waals surface area contributed by atoms with Gasteiger partial charge in [-0.25, -0.2) is 10.2 Å². The molecule has 3 N–H and O–H groups in total. The number of hydrazone groups is 1. The number of hydrogen-bond donors (Lipinski definition) is 3. The fraction of sp³-hybridized carbons (Fsp3) is 0.182. The minimum absolute atomic E-state index is 0.109. The maximum Gasteiger partial charge on any atom is 0.322 e. The number of aromatic hydroxyl groups is 1. The van der Waals surface area contributed by atoms with Gasteiger partial charge in [0.15, 0.2) is 0 Å². The molecular formula is C11H14N4O3. The van der Waals surface area contributed by atoms with Crippen LogP contribution in [0.25, 0.3) is 0 Å². The van der Waals surface area contributed by atoms with E-state index in [9.17, 15) is 14.7 Å². The molecule has 7 heteroatoms. The van der Waals surface area contributed by atoms with Gasteiger partial charge in [0, 0.05) is 14.1 Å². The molecule has 0 heterocycles. The van der Waals surface area contributed by atoms with Crippen LogP contribution in [0.4, 0.5) is 4.79 Å². The van der Waals surface area contributed by atoms with E-state index >= 15 is 0 Å². The van der Waals surface area contributed by atoms with E-state index in [1.54, 1.807) is 12.1 Å². The molecule has 18 heavy (non-hydrogen) atoms. The van der Waals surface area contributed by atoms with E-state index in [1.807, 2.05) is 0 Å². The molecule has 0 saturated carbocycles. The quantitative estimate of drug-likeness (QED) is 0.410. The third-order valence-corrected chi connectivity index (χ3v) is 2.08. The summed E-state index contributed by atoms with van der Waals surface area (Å²) in [7, 11) is 2.96. The molecule has 1 rings (SSSR count). The van der Waals surface area contributed by atoms with Crippen LogP contribution in [-0.4, -0.2) is 42.4 Å². The molecular weight excluding hydrogens is 236 g/mol. The second-order valence-electron chi connectivity index (χ2n) is 3.37. The zero-order valence-corrected chi connectivity index (χ0v) is 10.0. The molecule has 0 radical (unpaired) electrons. The Labute approximate surface area is 104 Å². The molecule has 0 aliphatic rings. The molecule has 0 aliphatic heterocycles. The highest BCUT2D eigenvalue weighted by Crippen LogP contribution is 2.14. The van der Waals surface area contributed by atoms with Gasteiger partial charge in [-0.15, -0.1) is 0 Å². The Balaban J connectivity index is 2.59. The molecule has 0 spiro atoms. The van der Waals surface area contributed by atoms with Gasteiger partial charge in [0.1, 0.15) is 12.1 Å². The van der Waals surface area contributed by atoms with E-state index in [2.05, 4.69) is 15.8 Å². The lowest BCUT2D eigenvalue weighted by Gasteiger charge is -2.09. The normalized spacial score (nSPS) is 10.1. The highest BCUT2D eigenvalue weighted by Gasteiger charge is 2.09. The fourth-order valence-electron chi connectivity index (χ4n) is 1.13. The lowest BCUT2D eigenvalue weighted by Crippen LogP contribution is -2.34. The van der Waals surface area contributed by atoms with Crippen LogP contribution in [0.2, 0.25) is 0 Å². The van der Waals surface area contributed by atoms with E-state index in [4.69, 9.17) is 0 Å². The summed E-state index contributed by atoms with van der Waals surface area (Å²) in [6.45, 7) is 0. The monoisotopic (exact) mass is 250 g/mol. The largest absolute Gasteiger partial charge is 0.507 e. The zero-order chi connectivity index (χ0) is 13.5. The summed E-state index contributed by atoms with van der Waals surface area (Å²) >= 11 is 0. The number of amides is 3. The van der Waals surface area contributed by atoms with Crippen LogP contribution in [0.3, 0.4) is 0 Å². The van der Waals surface area contributed by atoms with Crippen LogP contribution >= 0.6 is 0 Å². The fourth-order valence-corrected chi connectivity index (χ4v) is 1.13. The third-order valence-electron chi connectivity index (χ3n) is 2.08. The number of phenolic OH excluding ortho intramolecular Hbond substituents is 1. The highest BCUT2D eigenvalue weighted by molar-refractivity contribution is 5.97. The molecule has 7 nitrogen and oxygen atoms in total. The number of urea groups is 1. The summed E-state index contributed by atoms with van der Waals surface area (Å²) in [5, 5.41) is 15.4. The number of nitrogens with zero attached hydrogens (tertiary/aromatic N) is 2. The zero-order valence-electron chi connectivity index (χ0n) is 10.0. The summed E-state index contributed by atoms with van der Waals surface area (Å²) in [5.74, 6) is -0.695. The van der Waals surface area contributed by atoms with E-state index in [0.29, 0.717) is 0 Å². The number of para-hydroxylation sites is 1. The van der Waals surface area contributed by atoms with Gasteiger partial charge < -0.3 is 10.4 Å². The predicted molar refractivity (Wildman–Crippen MR) is 66.3 cm³/mol. The minimum Gasteiger partial charge on any atom is -0.507 e. The lowest BCUT2D eigenvalue weighted by molar-refractivity contribution is 0.0952. The van der Waals surface area contributed by atoms with Gasteiger partial charge >= 0.3 is 6.03 Å². The average Bonchev–Trinajstić information content (AvgIpc) is 2.37. The van der Waals surface area contributed by atoms with Gasteiger partial charge in [-0.1, -0.05) is 12.1 Å². The van der Waals surface area contributed by atoms with Crippen molar-refractivity contribution in [2.24, 2.45) is 5.10 Å². The minimum atomic E-state index is -0.561. The average molecular weight is 250 g/mol. The van der Waals surface area contributed by atoms with E-state index in [0.717, 1.165) is 11.2 Å². The van der Waals surface area contributed by atoms with Crippen LogP contribution in [0.5, 0.6) is 5.75 Å². The van der Waals surface area contributed by atoms with Crippen molar-refractivity contribution < 1.29 is 14.7 Å². The van der Waals surface area contributed by atoms with Crippen LogP contribution in [0.15, 0.2) is 29.4 Å². The number of carbonyl (C=O) groups excluding carboxylic acids is 2. The maximum absolute atomic E-state index is 11.6. The van der Waals surface area contributed by atoms with Crippen molar-refractivity contribution in [3.05, 3.63) is 29.8 Å². The molecule has 96 valence electrons. The first-order valence-corrected chi connectivity index (χ1v) is 5.12. The van der Waals surface area contributed by atoms with Crippen molar-refractivity contribution in [1.29, 1.82) is 0 Å². The maximum atomic E-state index is 11.6. The van der Waals surface area contributed by atoms with Crippen molar-refractivity contribution in [2.75, 3.05) is 14.1 Å². The second-order valence-corrected chi connectivity index (χ2v) is 3.37. The number of hydrogen-bond acceptors (Lipinski definition) is 4. The number of benzene rings is 1. The molecule has 0 atom stereocenters. The Hall–Kier alpha value is -2.57. The topological polar surface area (TPSA) is 94.0 Å². The van der Waals surface area contributed by atoms with E-state index < -0.39 is 5.91 Å². The number of phenols is 1. The first-order chi connectivity index (χ1) is 8.56. The van der Waals surface area contributed by atoms with Gasteiger partial charge in [0.25, 0.3) is 5.91 Å². The Morgan fingerprint density at radius 2 is 2.06 bits per heavy atom. The molecule has 1 aromatic rings. The highest BCUT2D eigenvalue weighted by atomic mass is 16.3. The molecule has 0 saturated heterocycles. The molecule has 1 aromatic carbocycles. The first kappa shape index (κ1) is 13.5. The van der Waals surface area contributed by atoms with E-state index in [-0.39, 0.29) is 17.3 Å². The standard InChI is InChI=1S/C11H14N4O3/c1-12-11(18)15(2)7-13-14-10(17)8-5-3-4-6-9(8)16/h3-7,16H,1-2H3,(H,12,18)(H,14,17)/b13-7+. The number of nitrogens with one attached hydrogen (secondary N) is 2. The summed E-state index contributed by atoms with van der Waals surface area (Å²) in [6.07, 6.45) is 1.15. The van der Waals surface area contributed by atoms with Crippen molar-refractivity contribution in [3.8, 4) is 5.75 Å². The van der Waals surface area contributed by atoms with Crippen LogP contribution < -0.4 is 10.7 Å². The first-order valence-electron chi connectivity index (χ1n) is 5.12. The molecule has 0 aromatic heterocycles. The molecule has 0 aliphatic carbocycles. The summed E-state index contributed by atoms with van der Waals surface area (Å²) in [5.41, 5.74) is 2.31. The SMILES string of the molecule is CNC(=O)N(C)/C=N/NC(=O)c1ccccc1O. The Morgan fingerprint density at radius 1 is 1.39 bits per heavy atom. The number of rotatable bonds is 3. The Bertz CT molecular complexity index is 473. The van der Waals surface area contributed by atoms with Gasteiger partial charge in [-0.05, 0) is 12.1 Å². The summed E-state index contributed by atoms with van der Waals surface area (Å²) in [6, 6.07) is 5.72. The Kier molecular flexibility index (Phi) is 4.67. The van der Waals surface area contributed by atoms with Crippen molar-refractivity contribution in [1.82, 2.24) is 15.6 Å². The molecule has 0 bridgehead atoms. The molecule has 0 fully saturated rings. The van der Waals surface area contributed by atoms with Crippen LogP contribution in [0.1, 0.15) is 10.4 Å². The summed E-state index contributed by atoms with van der Waals surface area (Å²) in [4.78, 5) is 23.8. The summed E-state index contributed by atoms with van der Waals surface area (Å²) < 4.78 is 0.